The summed E-state index contributed by atoms with van der Waals surface area (Å²) in [6.07, 6.45) is 0.815. The lowest BCUT2D eigenvalue weighted by atomic mass is 10.3. The molecule has 1 fully saturated rings. The fourth-order valence-corrected chi connectivity index (χ4v) is 0.758. The third-order valence-corrected chi connectivity index (χ3v) is 1.28. The van der Waals surface area contributed by atoms with Gasteiger partial charge in [0.25, 0.3) is 0 Å². The van der Waals surface area contributed by atoms with E-state index in [4.69, 9.17) is 5.73 Å². The molecule has 0 spiro atoms. The number of rotatable bonds is 1. The largest absolute Gasteiger partial charge is 0.464 e. The van der Waals surface area contributed by atoms with Crippen LogP contribution in [-0.2, 0) is 9.53 Å². The first-order valence-corrected chi connectivity index (χ1v) is 3.80. The van der Waals surface area contributed by atoms with Gasteiger partial charge in [-0.15, -0.1) is 0 Å². The minimum Gasteiger partial charge on any atom is -0.464 e. The molecule has 66 valence electrons. The molecule has 1 aliphatic rings. The van der Waals surface area contributed by atoms with Gasteiger partial charge in [0.2, 0.25) is 0 Å². The third kappa shape index (κ3) is 3.95. The van der Waals surface area contributed by atoms with Crippen molar-refractivity contribution in [2.45, 2.75) is 19.4 Å². The quantitative estimate of drug-likeness (QED) is 0.507. The minimum absolute atomic E-state index is 0.0463. The summed E-state index contributed by atoms with van der Waals surface area (Å²) in [5.74, 6) is -0.118. The van der Waals surface area contributed by atoms with Crippen molar-refractivity contribution in [2.24, 2.45) is 5.73 Å². The van der Waals surface area contributed by atoms with Gasteiger partial charge < -0.3 is 15.8 Å². The van der Waals surface area contributed by atoms with Gasteiger partial charge in [-0.25, -0.2) is 0 Å². The normalized spacial score (nSPS) is 22.1. The van der Waals surface area contributed by atoms with Crippen LogP contribution in [0.4, 0.5) is 0 Å². The summed E-state index contributed by atoms with van der Waals surface area (Å²) < 4.78 is 4.65. The molecule has 11 heavy (non-hydrogen) atoms. The molecule has 0 aromatic heterocycles. The predicted octanol–water partition coefficient (Wildman–Crippen LogP) is -0.514. The van der Waals surface area contributed by atoms with Gasteiger partial charge in [-0.2, -0.15) is 0 Å². The standard InChI is InChI=1S/C5H9NO2.C2H7N/c1-6-4-2-3-8-5(4)7;1-2-3/h4,6H,2-3H2,1H3;2-3H2,1H3. The van der Waals surface area contributed by atoms with Crippen molar-refractivity contribution in [2.75, 3.05) is 20.2 Å². The number of nitrogens with two attached hydrogens (primary N) is 1. The fraction of sp³-hybridized carbons (Fsp3) is 0.857. The van der Waals surface area contributed by atoms with Gasteiger partial charge in [0.1, 0.15) is 6.04 Å². The van der Waals surface area contributed by atoms with Gasteiger partial charge >= 0.3 is 5.97 Å². The first-order valence-electron chi connectivity index (χ1n) is 3.80. The van der Waals surface area contributed by atoms with Gasteiger partial charge in [0, 0.05) is 6.42 Å². The molecule has 4 nitrogen and oxygen atoms in total. The first kappa shape index (κ1) is 10.4. The van der Waals surface area contributed by atoms with E-state index in [0.29, 0.717) is 6.61 Å². The van der Waals surface area contributed by atoms with E-state index in [0.717, 1.165) is 13.0 Å². The molecule has 1 unspecified atom stereocenters. The monoisotopic (exact) mass is 160 g/mol. The van der Waals surface area contributed by atoms with Crippen LogP contribution >= 0.6 is 0 Å². The molecule has 1 heterocycles. The van der Waals surface area contributed by atoms with Crippen LogP contribution in [0.3, 0.4) is 0 Å². The molecule has 3 N–H and O–H groups in total. The Hall–Kier alpha value is -0.610. The van der Waals surface area contributed by atoms with Crippen LogP contribution in [-0.4, -0.2) is 32.2 Å². The summed E-state index contributed by atoms with van der Waals surface area (Å²) in [6, 6.07) is -0.0463. The van der Waals surface area contributed by atoms with Gasteiger partial charge in [0.15, 0.2) is 0 Å². The summed E-state index contributed by atoms with van der Waals surface area (Å²) in [7, 11) is 1.76. The average molecular weight is 160 g/mol. The molecular weight excluding hydrogens is 144 g/mol. The van der Waals surface area contributed by atoms with Crippen molar-refractivity contribution in [3.05, 3.63) is 0 Å². The summed E-state index contributed by atoms with van der Waals surface area (Å²) in [5.41, 5.74) is 4.85. The Labute approximate surface area is 67.1 Å². The molecule has 1 atom stereocenters. The molecule has 1 saturated heterocycles. The lowest BCUT2D eigenvalue weighted by Gasteiger charge is -1.98. The van der Waals surface area contributed by atoms with Gasteiger partial charge in [0.05, 0.1) is 6.61 Å². The summed E-state index contributed by atoms with van der Waals surface area (Å²) >= 11 is 0. The van der Waals surface area contributed by atoms with Crippen LogP contribution in [0.5, 0.6) is 0 Å². The molecule has 0 radical (unpaired) electrons. The number of likely N-dealkylation sites (N-methyl/N-ethyl adjacent to an activating group) is 1. The Kier molecular flexibility index (Phi) is 5.78. The summed E-state index contributed by atoms with van der Waals surface area (Å²) in [5, 5.41) is 2.84. The van der Waals surface area contributed by atoms with Crippen molar-refractivity contribution in [3.8, 4) is 0 Å². The van der Waals surface area contributed by atoms with E-state index in [2.05, 4.69) is 10.1 Å². The van der Waals surface area contributed by atoms with Crippen molar-refractivity contribution in [1.29, 1.82) is 0 Å². The highest BCUT2D eigenvalue weighted by molar-refractivity contribution is 5.77. The number of carbonyl (C=O) groups is 1. The number of nitrogens with one attached hydrogen (secondary N) is 1. The molecule has 1 rings (SSSR count). The lowest BCUT2D eigenvalue weighted by molar-refractivity contribution is -0.139. The zero-order valence-corrected chi connectivity index (χ0v) is 7.09. The topological polar surface area (TPSA) is 64.3 Å². The number of ether oxygens (including phenoxy) is 1. The molecule has 0 aromatic carbocycles. The van der Waals surface area contributed by atoms with Crippen LogP contribution in [0, 0.1) is 0 Å². The highest BCUT2D eigenvalue weighted by Gasteiger charge is 2.23. The van der Waals surface area contributed by atoms with Gasteiger partial charge in [-0.3, -0.25) is 4.79 Å². The molecule has 0 aromatic rings. The van der Waals surface area contributed by atoms with E-state index < -0.39 is 0 Å². The second-order valence-electron chi connectivity index (χ2n) is 2.21. The zero-order valence-electron chi connectivity index (χ0n) is 7.09. The number of carbonyl (C=O) groups excluding carboxylic acids is 1. The summed E-state index contributed by atoms with van der Waals surface area (Å²) in [4.78, 5) is 10.5. The highest BCUT2D eigenvalue weighted by Crippen LogP contribution is 2.03. The maximum atomic E-state index is 10.5. The second-order valence-corrected chi connectivity index (χ2v) is 2.21. The number of hydrogen-bond acceptors (Lipinski definition) is 4. The molecule has 0 amide bonds. The Bertz CT molecular complexity index is 117. The van der Waals surface area contributed by atoms with Crippen molar-refractivity contribution in [1.82, 2.24) is 5.32 Å². The van der Waals surface area contributed by atoms with Crippen LogP contribution < -0.4 is 11.1 Å². The number of cyclic esters (lactones) is 1. The highest BCUT2D eigenvalue weighted by atomic mass is 16.5. The van der Waals surface area contributed by atoms with E-state index in [-0.39, 0.29) is 12.0 Å². The number of esters is 1. The third-order valence-electron chi connectivity index (χ3n) is 1.28. The second kappa shape index (κ2) is 6.12. The Morgan fingerprint density at radius 1 is 1.82 bits per heavy atom. The zero-order chi connectivity index (χ0) is 8.69. The van der Waals surface area contributed by atoms with Crippen LogP contribution in [0.1, 0.15) is 13.3 Å². The molecule has 0 bridgehead atoms. The molecule has 1 aliphatic heterocycles. The molecule has 0 aliphatic carbocycles. The van der Waals surface area contributed by atoms with Crippen molar-refractivity contribution in [3.63, 3.8) is 0 Å². The number of hydrogen-bond donors (Lipinski definition) is 2. The molecular formula is C7H16N2O2. The van der Waals surface area contributed by atoms with Crippen LogP contribution in [0.2, 0.25) is 0 Å². The Morgan fingerprint density at radius 3 is 2.55 bits per heavy atom. The van der Waals surface area contributed by atoms with E-state index in [1.54, 1.807) is 7.05 Å². The van der Waals surface area contributed by atoms with Crippen molar-refractivity contribution < 1.29 is 9.53 Å². The minimum atomic E-state index is -0.118. The molecule has 4 heteroatoms. The Morgan fingerprint density at radius 2 is 2.36 bits per heavy atom. The Balaban J connectivity index is 0.000000292. The summed E-state index contributed by atoms with van der Waals surface area (Å²) in [6.45, 7) is 3.23. The van der Waals surface area contributed by atoms with E-state index in [1.807, 2.05) is 6.92 Å². The van der Waals surface area contributed by atoms with Crippen LogP contribution in [0.25, 0.3) is 0 Å². The molecule has 0 saturated carbocycles. The lowest BCUT2D eigenvalue weighted by Crippen LogP contribution is -2.29. The smallest absolute Gasteiger partial charge is 0.323 e. The first-order chi connectivity index (χ1) is 5.26. The SMILES string of the molecule is CCN.CNC1CCOC1=O. The van der Waals surface area contributed by atoms with E-state index >= 15 is 0 Å². The van der Waals surface area contributed by atoms with E-state index in [1.165, 1.54) is 0 Å². The maximum Gasteiger partial charge on any atom is 0.323 e. The van der Waals surface area contributed by atoms with Crippen LogP contribution in [0.15, 0.2) is 0 Å². The maximum absolute atomic E-state index is 10.5. The predicted molar refractivity (Wildman–Crippen MR) is 43.2 cm³/mol. The van der Waals surface area contributed by atoms with Crippen molar-refractivity contribution >= 4 is 5.97 Å². The van der Waals surface area contributed by atoms with Gasteiger partial charge in [-0.05, 0) is 13.6 Å². The average Bonchev–Trinajstić information content (AvgIpc) is 2.36. The van der Waals surface area contributed by atoms with E-state index in [9.17, 15) is 4.79 Å². The van der Waals surface area contributed by atoms with Gasteiger partial charge in [-0.1, -0.05) is 6.92 Å². The fourth-order valence-electron chi connectivity index (χ4n) is 0.758.